The van der Waals surface area contributed by atoms with Crippen LogP contribution < -0.4 is 5.32 Å². The summed E-state index contributed by atoms with van der Waals surface area (Å²) in [6.07, 6.45) is 3.31. The summed E-state index contributed by atoms with van der Waals surface area (Å²) < 4.78 is 14.9. The molecule has 0 saturated carbocycles. The van der Waals surface area contributed by atoms with Gasteiger partial charge in [0, 0.05) is 10.7 Å². The normalized spacial score (nSPS) is 12.4. The summed E-state index contributed by atoms with van der Waals surface area (Å²) in [7, 11) is 0. The van der Waals surface area contributed by atoms with Gasteiger partial charge >= 0.3 is 0 Å². The van der Waals surface area contributed by atoms with E-state index in [1.807, 2.05) is 12.1 Å². The van der Waals surface area contributed by atoms with E-state index in [0.29, 0.717) is 12.0 Å². The molecule has 0 spiro atoms. The first-order valence-corrected chi connectivity index (χ1v) is 8.06. The van der Waals surface area contributed by atoms with E-state index < -0.39 is 0 Å². The van der Waals surface area contributed by atoms with E-state index >= 15 is 0 Å². The number of likely N-dealkylation sites (N-methyl/N-ethyl adjacent to an activating group) is 1. The zero-order chi connectivity index (χ0) is 15.2. The molecule has 1 atom stereocenters. The van der Waals surface area contributed by atoms with E-state index in [1.54, 1.807) is 12.3 Å². The van der Waals surface area contributed by atoms with Crippen LogP contribution in [0, 0.1) is 5.82 Å². The Morgan fingerprint density at radius 3 is 2.76 bits per heavy atom. The summed E-state index contributed by atoms with van der Waals surface area (Å²) >= 11 is 3.41. The number of hydrogen-bond acceptors (Lipinski definition) is 2. The fourth-order valence-corrected chi connectivity index (χ4v) is 2.90. The molecule has 1 aromatic carbocycles. The van der Waals surface area contributed by atoms with Gasteiger partial charge in [-0.05, 0) is 54.8 Å². The van der Waals surface area contributed by atoms with Gasteiger partial charge in [-0.25, -0.2) is 4.39 Å². The lowest BCUT2D eigenvalue weighted by Crippen LogP contribution is -2.25. The molecule has 4 heteroatoms. The predicted octanol–water partition coefficient (Wildman–Crippen LogP) is 4.44. The van der Waals surface area contributed by atoms with E-state index in [2.05, 4.69) is 46.1 Å². The standard InChI is InChI=1S/C17H20BrFN2/c1-3-12-6-5-9-21-17(12)16(20-4-2)11-13-10-14(18)7-8-15(13)19/h5-10,16,20H,3-4,11H2,1-2H3. The zero-order valence-electron chi connectivity index (χ0n) is 12.4. The highest BCUT2D eigenvalue weighted by molar-refractivity contribution is 9.10. The maximum absolute atomic E-state index is 14.0. The Morgan fingerprint density at radius 1 is 1.24 bits per heavy atom. The molecule has 0 saturated heterocycles. The summed E-state index contributed by atoms with van der Waals surface area (Å²) in [6, 6.07) is 9.12. The Balaban J connectivity index is 2.33. The van der Waals surface area contributed by atoms with Gasteiger partial charge in [-0.2, -0.15) is 0 Å². The Bertz CT molecular complexity index is 601. The molecule has 0 bridgehead atoms. The van der Waals surface area contributed by atoms with Gasteiger partial charge in [0.05, 0.1) is 11.7 Å². The Labute approximate surface area is 133 Å². The second-order valence-corrected chi connectivity index (χ2v) is 5.87. The lowest BCUT2D eigenvalue weighted by Gasteiger charge is -2.20. The molecule has 1 heterocycles. The van der Waals surface area contributed by atoms with Gasteiger partial charge < -0.3 is 5.32 Å². The second-order valence-electron chi connectivity index (χ2n) is 4.95. The number of pyridine rings is 1. The molecule has 2 rings (SSSR count). The van der Waals surface area contributed by atoms with Crippen LogP contribution in [0.1, 0.15) is 36.7 Å². The highest BCUT2D eigenvalue weighted by Gasteiger charge is 2.17. The highest BCUT2D eigenvalue weighted by Crippen LogP contribution is 2.24. The van der Waals surface area contributed by atoms with E-state index in [9.17, 15) is 4.39 Å². The van der Waals surface area contributed by atoms with Gasteiger partial charge in [0.1, 0.15) is 5.82 Å². The number of nitrogens with one attached hydrogen (secondary N) is 1. The van der Waals surface area contributed by atoms with Crippen molar-refractivity contribution in [3.05, 3.63) is 63.6 Å². The number of benzene rings is 1. The van der Waals surface area contributed by atoms with Crippen LogP contribution in [0.5, 0.6) is 0 Å². The van der Waals surface area contributed by atoms with Crippen LogP contribution in [-0.4, -0.2) is 11.5 Å². The van der Waals surface area contributed by atoms with Gasteiger partial charge in [-0.15, -0.1) is 0 Å². The van der Waals surface area contributed by atoms with Gasteiger partial charge in [0.25, 0.3) is 0 Å². The summed E-state index contributed by atoms with van der Waals surface area (Å²) in [4.78, 5) is 4.52. The van der Waals surface area contributed by atoms with E-state index in [0.717, 1.165) is 23.1 Å². The lowest BCUT2D eigenvalue weighted by molar-refractivity contribution is 0.514. The Kier molecular flexibility index (Phi) is 5.88. The molecule has 0 amide bonds. The fourth-order valence-electron chi connectivity index (χ4n) is 2.50. The van der Waals surface area contributed by atoms with Crippen LogP contribution in [0.4, 0.5) is 4.39 Å². The maximum Gasteiger partial charge on any atom is 0.126 e. The molecule has 0 aliphatic heterocycles. The van der Waals surface area contributed by atoms with E-state index in [1.165, 1.54) is 11.6 Å². The quantitative estimate of drug-likeness (QED) is 0.832. The van der Waals surface area contributed by atoms with Crippen molar-refractivity contribution < 1.29 is 4.39 Å². The third-order valence-electron chi connectivity index (χ3n) is 3.52. The van der Waals surface area contributed by atoms with Crippen LogP contribution in [0.3, 0.4) is 0 Å². The number of nitrogens with zero attached hydrogens (tertiary/aromatic N) is 1. The second kappa shape index (κ2) is 7.66. The Hall–Kier alpha value is -1.26. The molecule has 0 radical (unpaired) electrons. The molecule has 0 aliphatic rings. The van der Waals surface area contributed by atoms with E-state index in [-0.39, 0.29) is 11.9 Å². The topological polar surface area (TPSA) is 24.9 Å². The maximum atomic E-state index is 14.0. The van der Waals surface area contributed by atoms with Gasteiger partial charge in [-0.1, -0.05) is 35.8 Å². The minimum Gasteiger partial charge on any atom is -0.309 e. The molecule has 2 nitrogen and oxygen atoms in total. The van der Waals surface area contributed by atoms with Crippen LogP contribution in [0.15, 0.2) is 41.0 Å². The summed E-state index contributed by atoms with van der Waals surface area (Å²) in [5.74, 6) is -0.171. The zero-order valence-corrected chi connectivity index (χ0v) is 14.0. The van der Waals surface area contributed by atoms with Gasteiger partial charge in [-0.3, -0.25) is 4.98 Å². The van der Waals surface area contributed by atoms with Crippen molar-refractivity contribution in [3.8, 4) is 0 Å². The van der Waals surface area contributed by atoms with Crippen molar-refractivity contribution in [1.82, 2.24) is 10.3 Å². The third kappa shape index (κ3) is 4.11. The first-order valence-electron chi connectivity index (χ1n) is 7.26. The number of rotatable bonds is 6. The van der Waals surface area contributed by atoms with Gasteiger partial charge in [0.15, 0.2) is 0 Å². The minimum atomic E-state index is -0.171. The van der Waals surface area contributed by atoms with Crippen molar-refractivity contribution in [2.24, 2.45) is 0 Å². The molecule has 0 aliphatic carbocycles. The average molecular weight is 351 g/mol. The Morgan fingerprint density at radius 2 is 2.05 bits per heavy atom. The molecule has 1 aromatic heterocycles. The molecule has 112 valence electrons. The third-order valence-corrected chi connectivity index (χ3v) is 4.01. The first-order chi connectivity index (χ1) is 10.2. The summed E-state index contributed by atoms with van der Waals surface area (Å²) in [5, 5.41) is 3.42. The largest absolute Gasteiger partial charge is 0.309 e. The first kappa shape index (κ1) is 16.1. The van der Waals surface area contributed by atoms with Crippen molar-refractivity contribution in [2.75, 3.05) is 6.54 Å². The van der Waals surface area contributed by atoms with Crippen molar-refractivity contribution >= 4 is 15.9 Å². The summed E-state index contributed by atoms with van der Waals surface area (Å²) in [6.45, 7) is 4.99. The number of halogens is 2. The summed E-state index contributed by atoms with van der Waals surface area (Å²) in [5.41, 5.74) is 2.92. The van der Waals surface area contributed by atoms with Crippen LogP contribution in [0.2, 0.25) is 0 Å². The smallest absolute Gasteiger partial charge is 0.126 e. The van der Waals surface area contributed by atoms with Crippen LogP contribution in [-0.2, 0) is 12.8 Å². The van der Waals surface area contributed by atoms with Crippen molar-refractivity contribution in [1.29, 1.82) is 0 Å². The molecule has 1 N–H and O–H groups in total. The molecule has 1 unspecified atom stereocenters. The minimum absolute atomic E-state index is 0.0231. The molecule has 0 fully saturated rings. The average Bonchev–Trinajstić information content (AvgIpc) is 2.50. The molecule has 21 heavy (non-hydrogen) atoms. The van der Waals surface area contributed by atoms with Crippen LogP contribution in [0.25, 0.3) is 0 Å². The van der Waals surface area contributed by atoms with Crippen molar-refractivity contribution in [3.63, 3.8) is 0 Å². The number of aromatic nitrogens is 1. The molecule has 2 aromatic rings. The molecular formula is C17H20BrFN2. The van der Waals surface area contributed by atoms with Gasteiger partial charge in [0.2, 0.25) is 0 Å². The van der Waals surface area contributed by atoms with E-state index in [4.69, 9.17) is 0 Å². The molecular weight excluding hydrogens is 331 g/mol. The predicted molar refractivity (Wildman–Crippen MR) is 87.8 cm³/mol. The van der Waals surface area contributed by atoms with Crippen molar-refractivity contribution in [2.45, 2.75) is 32.7 Å². The SMILES string of the molecule is CCNC(Cc1cc(Br)ccc1F)c1ncccc1CC. The lowest BCUT2D eigenvalue weighted by atomic mass is 9.98. The number of aryl methyl sites for hydroxylation is 1. The van der Waals surface area contributed by atoms with Crippen LogP contribution >= 0.6 is 15.9 Å². The monoisotopic (exact) mass is 350 g/mol. The fraction of sp³-hybridized carbons (Fsp3) is 0.353. The highest BCUT2D eigenvalue weighted by atomic mass is 79.9. The number of hydrogen-bond donors (Lipinski definition) is 1.